The van der Waals surface area contributed by atoms with E-state index in [1.807, 2.05) is 19.1 Å². The molecule has 4 nitrogen and oxygen atoms in total. The molecule has 2 N–H and O–H groups in total. The number of hydrogen-bond acceptors (Lipinski definition) is 3. The molecule has 0 spiro atoms. The molecule has 1 rings (SSSR count). The van der Waals surface area contributed by atoms with E-state index in [1.165, 1.54) is 4.68 Å². The lowest BCUT2D eigenvalue weighted by Gasteiger charge is -2.05. The van der Waals surface area contributed by atoms with Crippen LogP contribution in [0.2, 0.25) is 5.02 Å². The van der Waals surface area contributed by atoms with E-state index in [9.17, 15) is 0 Å². The van der Waals surface area contributed by atoms with Crippen molar-refractivity contribution in [3.63, 3.8) is 0 Å². The molecule has 0 aliphatic carbocycles. The zero-order valence-electron chi connectivity index (χ0n) is 12.0. The van der Waals surface area contributed by atoms with Gasteiger partial charge in [-0.15, -0.1) is 0 Å². The third-order valence-corrected chi connectivity index (χ3v) is 2.91. The molecular weight excluding hydrogens is 272 g/mol. The van der Waals surface area contributed by atoms with Gasteiger partial charge in [0.1, 0.15) is 0 Å². The van der Waals surface area contributed by atoms with Crippen LogP contribution in [0.3, 0.4) is 0 Å². The van der Waals surface area contributed by atoms with E-state index < -0.39 is 0 Å². The van der Waals surface area contributed by atoms with Crippen molar-refractivity contribution in [2.75, 3.05) is 0 Å². The molecule has 0 saturated carbocycles. The first-order valence-electron chi connectivity index (χ1n) is 6.58. The molecule has 0 aliphatic heterocycles. The van der Waals surface area contributed by atoms with Crippen molar-refractivity contribution < 1.29 is 0 Å². The minimum atomic E-state index is 0.393. The lowest BCUT2D eigenvalue weighted by molar-refractivity contribution is 0.791. The second kappa shape index (κ2) is 8.51. The van der Waals surface area contributed by atoms with Crippen molar-refractivity contribution in [2.45, 2.75) is 33.2 Å². The van der Waals surface area contributed by atoms with Crippen LogP contribution in [0.1, 0.15) is 32.3 Å². The van der Waals surface area contributed by atoms with Crippen molar-refractivity contribution >= 4 is 18.3 Å². The maximum absolute atomic E-state index is 6.22. The molecule has 1 aromatic heterocycles. The van der Waals surface area contributed by atoms with Crippen LogP contribution in [0, 0.1) is 0 Å². The van der Waals surface area contributed by atoms with Gasteiger partial charge in [0, 0.05) is 25.2 Å². The number of halogens is 1. The summed E-state index contributed by atoms with van der Waals surface area (Å²) in [6.45, 7) is 7.97. The second-order valence-electron chi connectivity index (χ2n) is 4.35. The number of rotatable bonds is 6. The lowest BCUT2D eigenvalue weighted by atomic mass is 10.3. The second-order valence-corrected chi connectivity index (χ2v) is 4.75. The minimum Gasteiger partial charge on any atom is -0.326 e. The Labute approximate surface area is 125 Å². The van der Waals surface area contributed by atoms with Crippen LogP contribution >= 0.6 is 11.6 Å². The van der Waals surface area contributed by atoms with Gasteiger partial charge in [-0.25, -0.2) is 9.67 Å². The summed E-state index contributed by atoms with van der Waals surface area (Å²) in [4.78, 5) is 4.47. The lowest BCUT2D eigenvalue weighted by Crippen LogP contribution is -2.19. The summed E-state index contributed by atoms with van der Waals surface area (Å²) in [6, 6.07) is 1.79. The van der Waals surface area contributed by atoms with Gasteiger partial charge in [0.05, 0.1) is 5.02 Å². The molecule has 0 atom stereocenters. The highest BCUT2D eigenvalue weighted by Gasteiger charge is 2.01. The fraction of sp³-hybridized carbons (Fsp3) is 0.333. The largest absolute Gasteiger partial charge is 0.326 e. The summed E-state index contributed by atoms with van der Waals surface area (Å²) in [5.41, 5.74) is 7.88. The first-order chi connectivity index (χ1) is 9.62. The maximum atomic E-state index is 6.22. The van der Waals surface area contributed by atoms with Crippen LogP contribution in [0.25, 0.3) is 0 Å². The third kappa shape index (κ3) is 4.79. The van der Waals surface area contributed by atoms with Crippen LogP contribution in [-0.4, -0.2) is 11.4 Å². The summed E-state index contributed by atoms with van der Waals surface area (Å²) in [7, 11) is 0. The molecule has 0 bridgehead atoms. The number of allylic oxidation sites excluding steroid dienone is 4. The predicted octanol–water partition coefficient (Wildman–Crippen LogP) is 3.22. The zero-order chi connectivity index (χ0) is 15.0. The summed E-state index contributed by atoms with van der Waals surface area (Å²) in [5, 5.41) is 4.40. The van der Waals surface area contributed by atoms with E-state index in [2.05, 4.69) is 29.8 Å². The van der Waals surface area contributed by atoms with E-state index in [1.54, 1.807) is 12.3 Å². The molecule has 5 heteroatoms. The fourth-order valence-electron chi connectivity index (χ4n) is 1.59. The monoisotopic (exact) mass is 292 g/mol. The molecule has 0 radical (unpaired) electrons. The third-order valence-electron chi connectivity index (χ3n) is 2.63. The molecule has 0 fully saturated rings. The van der Waals surface area contributed by atoms with Crippen molar-refractivity contribution in [3.05, 3.63) is 52.3 Å². The van der Waals surface area contributed by atoms with E-state index in [-0.39, 0.29) is 0 Å². The molecule has 0 unspecified atom stereocenters. The molecule has 1 aromatic rings. The zero-order valence-corrected chi connectivity index (χ0v) is 12.8. The number of hydrogen-bond donors (Lipinski definition) is 1. The van der Waals surface area contributed by atoms with Gasteiger partial charge >= 0.3 is 0 Å². The maximum Gasteiger partial charge on any atom is 0.172 e. The Morgan fingerprint density at radius 2 is 2.30 bits per heavy atom. The van der Waals surface area contributed by atoms with Crippen LogP contribution in [-0.2, 0) is 6.54 Å². The van der Waals surface area contributed by atoms with E-state index in [0.717, 1.165) is 24.1 Å². The topological polar surface area (TPSA) is 55.7 Å². The standard InChI is InChI=1S/C15H21ClN4/c1-4-5-6-7-8-12(2)19-15-14(16)9-13(10-17)11-20(15)18-3/h6-9,11H,3-5,10,17H2,1-2H3/b7-6+,12-8+,19-15?. The van der Waals surface area contributed by atoms with Gasteiger partial charge in [0.15, 0.2) is 5.49 Å². The van der Waals surface area contributed by atoms with Crippen molar-refractivity contribution in [1.82, 2.24) is 4.68 Å². The van der Waals surface area contributed by atoms with Gasteiger partial charge in [-0.3, -0.25) is 0 Å². The fourth-order valence-corrected chi connectivity index (χ4v) is 1.86. The van der Waals surface area contributed by atoms with Gasteiger partial charge in [0.25, 0.3) is 0 Å². The van der Waals surface area contributed by atoms with Gasteiger partial charge in [-0.2, -0.15) is 5.10 Å². The van der Waals surface area contributed by atoms with Gasteiger partial charge in [-0.1, -0.05) is 37.1 Å². The highest BCUT2D eigenvalue weighted by Crippen LogP contribution is 2.07. The average Bonchev–Trinajstić information content (AvgIpc) is 2.45. The molecule has 0 saturated heterocycles. The van der Waals surface area contributed by atoms with Gasteiger partial charge in [0.2, 0.25) is 0 Å². The smallest absolute Gasteiger partial charge is 0.172 e. The number of nitrogens with zero attached hydrogens (tertiary/aromatic N) is 3. The van der Waals surface area contributed by atoms with Crippen molar-refractivity contribution in [3.8, 4) is 0 Å². The van der Waals surface area contributed by atoms with E-state index in [0.29, 0.717) is 17.1 Å². The van der Waals surface area contributed by atoms with Crippen LogP contribution in [0.15, 0.2) is 46.3 Å². The quantitative estimate of drug-likeness (QED) is 0.635. The first-order valence-corrected chi connectivity index (χ1v) is 6.96. The molecule has 1 heterocycles. The Balaban J connectivity index is 3.17. The normalized spacial score (nSPS) is 13.2. The summed E-state index contributed by atoms with van der Waals surface area (Å²) < 4.78 is 1.54. The summed E-state index contributed by atoms with van der Waals surface area (Å²) in [5.74, 6) is 0. The summed E-state index contributed by atoms with van der Waals surface area (Å²) in [6.07, 6.45) is 10.0. The Kier molecular flexibility index (Phi) is 6.98. The number of nitrogens with two attached hydrogens (primary N) is 1. The van der Waals surface area contributed by atoms with Crippen molar-refractivity contribution in [2.24, 2.45) is 15.8 Å². The molecule has 0 aliphatic rings. The van der Waals surface area contributed by atoms with Crippen LogP contribution in [0.5, 0.6) is 0 Å². The van der Waals surface area contributed by atoms with Crippen molar-refractivity contribution in [1.29, 1.82) is 0 Å². The molecule has 20 heavy (non-hydrogen) atoms. The number of aromatic nitrogens is 1. The van der Waals surface area contributed by atoms with Crippen LogP contribution < -0.4 is 11.2 Å². The molecular formula is C15H21ClN4. The first kappa shape index (κ1) is 16.4. The van der Waals surface area contributed by atoms with E-state index >= 15 is 0 Å². The average molecular weight is 293 g/mol. The molecule has 0 amide bonds. The Bertz CT molecular complexity index is 582. The summed E-state index contributed by atoms with van der Waals surface area (Å²) >= 11 is 6.22. The highest BCUT2D eigenvalue weighted by molar-refractivity contribution is 6.30. The van der Waals surface area contributed by atoms with Crippen LogP contribution in [0.4, 0.5) is 0 Å². The minimum absolute atomic E-state index is 0.393. The molecule has 108 valence electrons. The number of unbranched alkanes of at least 4 members (excludes halogenated alkanes) is 1. The van der Waals surface area contributed by atoms with E-state index in [4.69, 9.17) is 17.3 Å². The van der Waals surface area contributed by atoms with Gasteiger partial charge in [-0.05, 0) is 31.1 Å². The SMILES string of the molecule is C=Nn1cc(CN)cc(Cl)c1=N/C(C)=C/C=C/CCC. The Morgan fingerprint density at radius 1 is 1.55 bits per heavy atom. The Morgan fingerprint density at radius 3 is 2.90 bits per heavy atom. The predicted molar refractivity (Wildman–Crippen MR) is 85.6 cm³/mol. The number of pyridine rings is 1. The molecule has 0 aromatic carbocycles. The van der Waals surface area contributed by atoms with Gasteiger partial charge < -0.3 is 5.73 Å². The highest BCUT2D eigenvalue weighted by atomic mass is 35.5. The Hall–Kier alpha value is -1.65.